The molecule has 5 nitrogen and oxygen atoms in total. The van der Waals surface area contributed by atoms with Gasteiger partial charge < -0.3 is 14.5 Å². The summed E-state index contributed by atoms with van der Waals surface area (Å²) < 4.78 is 5.94. The topological polar surface area (TPSA) is 45.7 Å². The van der Waals surface area contributed by atoms with Crippen LogP contribution in [-0.4, -0.2) is 59.6 Å². The Kier molecular flexibility index (Phi) is 5.76. The van der Waals surface area contributed by atoms with Gasteiger partial charge >= 0.3 is 0 Å². The van der Waals surface area contributed by atoms with Crippen LogP contribution in [-0.2, 0) is 0 Å². The van der Waals surface area contributed by atoms with Crippen molar-refractivity contribution in [2.75, 3.05) is 42.6 Å². The third kappa shape index (κ3) is 4.12. The van der Waals surface area contributed by atoms with E-state index < -0.39 is 0 Å². The van der Waals surface area contributed by atoms with Gasteiger partial charge in [-0.25, -0.2) is 4.98 Å². The number of carbonyl (C=O) groups is 1. The number of pyridine rings is 1. The Morgan fingerprint density at radius 2 is 2.00 bits per heavy atom. The first-order chi connectivity index (χ1) is 13.6. The van der Waals surface area contributed by atoms with Gasteiger partial charge in [0.15, 0.2) is 0 Å². The number of aryl methyl sites for hydroxylation is 1. The lowest BCUT2D eigenvalue weighted by molar-refractivity contribution is 0.0745. The molecular weight excluding hydrogens is 370 g/mol. The van der Waals surface area contributed by atoms with E-state index in [-0.39, 0.29) is 12.0 Å². The lowest BCUT2D eigenvalue weighted by atomic mass is 10.1. The number of nitrogens with zero attached hydrogens (tertiary/aromatic N) is 3. The van der Waals surface area contributed by atoms with Gasteiger partial charge in [0.1, 0.15) is 6.10 Å². The van der Waals surface area contributed by atoms with E-state index in [9.17, 15) is 4.79 Å². The van der Waals surface area contributed by atoms with Gasteiger partial charge in [0, 0.05) is 55.4 Å². The van der Waals surface area contributed by atoms with Crippen molar-refractivity contribution >= 4 is 23.4 Å². The van der Waals surface area contributed by atoms with Crippen LogP contribution >= 0.6 is 11.8 Å². The zero-order chi connectivity index (χ0) is 19.5. The summed E-state index contributed by atoms with van der Waals surface area (Å²) in [6, 6.07) is 10.0. The molecule has 2 fully saturated rings. The molecule has 2 aromatic rings. The van der Waals surface area contributed by atoms with Gasteiger partial charge in [0.25, 0.3) is 5.91 Å². The van der Waals surface area contributed by atoms with Crippen molar-refractivity contribution < 1.29 is 9.53 Å². The second-order valence-electron chi connectivity index (χ2n) is 7.48. The Morgan fingerprint density at radius 3 is 2.75 bits per heavy atom. The van der Waals surface area contributed by atoms with Gasteiger partial charge in [-0.2, -0.15) is 11.8 Å². The molecule has 2 saturated heterocycles. The summed E-state index contributed by atoms with van der Waals surface area (Å²) in [7, 11) is 0. The highest BCUT2D eigenvalue weighted by Crippen LogP contribution is 2.25. The molecule has 0 spiro atoms. The smallest absolute Gasteiger partial charge is 0.254 e. The highest BCUT2D eigenvalue weighted by molar-refractivity contribution is 7.99. The molecule has 1 aromatic heterocycles. The molecule has 4 rings (SSSR count). The molecule has 6 heteroatoms. The van der Waals surface area contributed by atoms with Gasteiger partial charge in [-0.1, -0.05) is 12.1 Å². The number of amides is 1. The van der Waals surface area contributed by atoms with Crippen LogP contribution in [0.5, 0.6) is 5.88 Å². The van der Waals surface area contributed by atoms with Crippen molar-refractivity contribution in [1.82, 2.24) is 9.88 Å². The second-order valence-corrected chi connectivity index (χ2v) is 8.63. The zero-order valence-corrected chi connectivity index (χ0v) is 17.4. The number of carbonyl (C=O) groups excluding carboxylic acids is 1. The van der Waals surface area contributed by atoms with Crippen LogP contribution in [0.15, 0.2) is 36.5 Å². The van der Waals surface area contributed by atoms with E-state index in [1.807, 2.05) is 16.7 Å². The number of piperazine rings is 1. The SMILES string of the molecule is Cc1cccc(N2CCN(C(=O)c3ccnc(OC4CCSC4)c3)CC2)c1C. The highest BCUT2D eigenvalue weighted by atomic mass is 32.2. The Bertz CT molecular complexity index is 843. The summed E-state index contributed by atoms with van der Waals surface area (Å²) in [4.78, 5) is 21.6. The van der Waals surface area contributed by atoms with Gasteiger partial charge in [-0.15, -0.1) is 0 Å². The van der Waals surface area contributed by atoms with Crippen molar-refractivity contribution in [1.29, 1.82) is 0 Å². The van der Waals surface area contributed by atoms with E-state index in [0.717, 1.165) is 44.1 Å². The number of anilines is 1. The van der Waals surface area contributed by atoms with Crippen molar-refractivity contribution in [3.05, 3.63) is 53.2 Å². The molecule has 0 radical (unpaired) electrons. The van der Waals surface area contributed by atoms with Crippen LogP contribution in [0.25, 0.3) is 0 Å². The van der Waals surface area contributed by atoms with Crippen molar-refractivity contribution in [3.63, 3.8) is 0 Å². The first kappa shape index (κ1) is 19.1. The van der Waals surface area contributed by atoms with Crippen LogP contribution in [0.3, 0.4) is 0 Å². The van der Waals surface area contributed by atoms with Crippen LogP contribution in [0, 0.1) is 13.8 Å². The molecular formula is C22H27N3O2S. The molecule has 0 saturated carbocycles. The molecule has 2 aliphatic rings. The third-order valence-corrected chi connectivity index (χ3v) is 6.77. The predicted molar refractivity (Wildman–Crippen MR) is 115 cm³/mol. The number of rotatable bonds is 4. The van der Waals surface area contributed by atoms with E-state index in [2.05, 4.69) is 41.9 Å². The molecule has 1 aromatic carbocycles. The first-order valence-electron chi connectivity index (χ1n) is 9.93. The maximum atomic E-state index is 13.0. The average Bonchev–Trinajstić information content (AvgIpc) is 3.23. The summed E-state index contributed by atoms with van der Waals surface area (Å²) in [6.07, 6.45) is 2.94. The van der Waals surface area contributed by atoms with E-state index in [1.54, 1.807) is 18.3 Å². The first-order valence-corrected chi connectivity index (χ1v) is 11.1. The van der Waals surface area contributed by atoms with Crippen LogP contribution < -0.4 is 9.64 Å². The third-order valence-electron chi connectivity index (χ3n) is 5.64. The zero-order valence-electron chi connectivity index (χ0n) is 16.6. The Labute approximate surface area is 171 Å². The minimum absolute atomic E-state index is 0.0636. The molecule has 0 aliphatic carbocycles. The summed E-state index contributed by atoms with van der Waals surface area (Å²) in [5.41, 5.74) is 4.57. The fourth-order valence-electron chi connectivity index (χ4n) is 3.79. The average molecular weight is 398 g/mol. The van der Waals surface area contributed by atoms with Crippen LogP contribution in [0.2, 0.25) is 0 Å². The summed E-state index contributed by atoms with van der Waals surface area (Å²) in [6.45, 7) is 7.47. The molecule has 148 valence electrons. The number of aromatic nitrogens is 1. The number of hydrogen-bond donors (Lipinski definition) is 0. The van der Waals surface area contributed by atoms with E-state index in [0.29, 0.717) is 11.4 Å². The minimum atomic E-state index is 0.0636. The van der Waals surface area contributed by atoms with Crippen molar-refractivity contribution in [2.45, 2.75) is 26.4 Å². The fourth-order valence-corrected chi connectivity index (χ4v) is 4.89. The molecule has 2 aliphatic heterocycles. The standard InChI is InChI=1S/C22H27N3O2S/c1-16-4-3-5-20(17(16)2)24-9-11-25(12-10-24)22(26)18-6-8-23-21(14-18)27-19-7-13-28-15-19/h3-6,8,14,19H,7,9-13,15H2,1-2H3. The van der Waals surface area contributed by atoms with Crippen LogP contribution in [0.4, 0.5) is 5.69 Å². The van der Waals surface area contributed by atoms with E-state index in [1.165, 1.54) is 16.8 Å². The fraction of sp³-hybridized carbons (Fsp3) is 0.455. The number of thioether (sulfide) groups is 1. The predicted octanol–water partition coefficient (Wildman–Crippen LogP) is 3.55. The molecule has 28 heavy (non-hydrogen) atoms. The van der Waals surface area contributed by atoms with E-state index >= 15 is 0 Å². The molecule has 3 heterocycles. The van der Waals surface area contributed by atoms with Gasteiger partial charge in [-0.3, -0.25) is 4.79 Å². The Hall–Kier alpha value is -2.21. The summed E-state index contributed by atoms with van der Waals surface area (Å²) in [5.74, 6) is 2.76. The Balaban J connectivity index is 1.39. The molecule has 1 amide bonds. The monoisotopic (exact) mass is 397 g/mol. The molecule has 0 bridgehead atoms. The number of ether oxygens (including phenoxy) is 1. The normalized spacial score (nSPS) is 19.7. The van der Waals surface area contributed by atoms with Crippen molar-refractivity contribution in [3.8, 4) is 5.88 Å². The van der Waals surface area contributed by atoms with Crippen molar-refractivity contribution in [2.24, 2.45) is 0 Å². The number of hydrogen-bond acceptors (Lipinski definition) is 5. The molecule has 1 atom stereocenters. The minimum Gasteiger partial charge on any atom is -0.473 e. The van der Waals surface area contributed by atoms with E-state index in [4.69, 9.17) is 4.74 Å². The van der Waals surface area contributed by atoms with Gasteiger partial charge in [-0.05, 0) is 49.3 Å². The molecule has 1 unspecified atom stereocenters. The largest absolute Gasteiger partial charge is 0.473 e. The number of benzene rings is 1. The molecule has 0 N–H and O–H groups in total. The quantitative estimate of drug-likeness (QED) is 0.790. The van der Waals surface area contributed by atoms with Gasteiger partial charge in [0.05, 0.1) is 0 Å². The second kappa shape index (κ2) is 8.43. The summed E-state index contributed by atoms with van der Waals surface area (Å²) in [5, 5.41) is 0. The maximum Gasteiger partial charge on any atom is 0.254 e. The summed E-state index contributed by atoms with van der Waals surface area (Å²) >= 11 is 1.90. The Morgan fingerprint density at radius 1 is 1.18 bits per heavy atom. The highest BCUT2D eigenvalue weighted by Gasteiger charge is 2.24. The maximum absolute atomic E-state index is 13.0. The van der Waals surface area contributed by atoms with Gasteiger partial charge in [0.2, 0.25) is 5.88 Å². The van der Waals surface area contributed by atoms with Crippen LogP contribution in [0.1, 0.15) is 27.9 Å². The lowest BCUT2D eigenvalue weighted by Gasteiger charge is -2.37. The lowest BCUT2D eigenvalue weighted by Crippen LogP contribution is -2.49.